The lowest BCUT2D eigenvalue weighted by Crippen LogP contribution is -2.30. The van der Waals surface area contributed by atoms with Crippen LogP contribution in [0.25, 0.3) is 0 Å². The molecule has 178 valence electrons. The van der Waals surface area contributed by atoms with Crippen molar-refractivity contribution >= 4 is 23.5 Å². The first kappa shape index (κ1) is 23.6. The van der Waals surface area contributed by atoms with Crippen molar-refractivity contribution in [3.63, 3.8) is 0 Å². The predicted octanol–water partition coefficient (Wildman–Crippen LogP) is 5.15. The molecule has 0 radical (unpaired) electrons. The fourth-order valence-corrected chi connectivity index (χ4v) is 3.98. The Morgan fingerprint density at radius 2 is 1.97 bits per heavy atom. The minimum Gasteiger partial charge on any atom is -0.490 e. The van der Waals surface area contributed by atoms with Crippen molar-refractivity contribution in [1.82, 2.24) is 14.8 Å². The third-order valence-electron chi connectivity index (χ3n) is 5.28. The Balaban J connectivity index is 1.71. The van der Waals surface area contributed by atoms with Gasteiger partial charge in [0.15, 0.2) is 11.5 Å². The van der Waals surface area contributed by atoms with E-state index in [1.807, 2.05) is 70.2 Å². The number of anilines is 1. The van der Waals surface area contributed by atoms with Crippen molar-refractivity contribution in [2.75, 3.05) is 11.9 Å². The zero-order valence-corrected chi connectivity index (χ0v) is 20.3. The molecule has 1 aromatic heterocycles. The number of nitrogens with zero attached hydrogens (tertiary/aromatic N) is 3. The molecular formula is C25H27ClN4O4. The van der Waals surface area contributed by atoms with Gasteiger partial charge in [-0.2, -0.15) is 10.1 Å². The Bertz CT molecular complexity index is 1220. The van der Waals surface area contributed by atoms with E-state index in [2.05, 4.69) is 15.4 Å². The summed E-state index contributed by atoms with van der Waals surface area (Å²) in [7, 11) is 0. The normalized spacial score (nSPS) is 15.1. The van der Waals surface area contributed by atoms with Gasteiger partial charge in [0.2, 0.25) is 5.95 Å². The second-order valence-electron chi connectivity index (χ2n) is 8.07. The van der Waals surface area contributed by atoms with E-state index in [1.54, 1.807) is 4.68 Å². The van der Waals surface area contributed by atoms with Gasteiger partial charge < -0.3 is 19.5 Å². The Hall–Kier alpha value is -3.52. The molecule has 8 nitrogen and oxygen atoms in total. The van der Waals surface area contributed by atoms with Gasteiger partial charge in [0.25, 0.3) is 0 Å². The zero-order chi connectivity index (χ0) is 24.2. The molecule has 1 aliphatic rings. The van der Waals surface area contributed by atoms with Gasteiger partial charge in [-0.05, 0) is 51.5 Å². The number of halogens is 1. The maximum Gasteiger partial charge on any atom is 0.338 e. The SMILES string of the molecule is CCOc1cc(C2C(C(=O)OC(C)C)=C(C)Nc3ncnn32)ccc1OCc1ccccc1Cl. The number of nitrogens with one attached hydrogen (secondary N) is 1. The highest BCUT2D eigenvalue weighted by Gasteiger charge is 2.35. The Labute approximate surface area is 203 Å². The molecule has 0 amide bonds. The second-order valence-corrected chi connectivity index (χ2v) is 8.47. The molecule has 34 heavy (non-hydrogen) atoms. The lowest BCUT2D eigenvalue weighted by Gasteiger charge is -2.29. The van der Waals surface area contributed by atoms with Crippen LogP contribution in [-0.2, 0) is 16.1 Å². The second kappa shape index (κ2) is 10.2. The highest BCUT2D eigenvalue weighted by atomic mass is 35.5. The van der Waals surface area contributed by atoms with Gasteiger partial charge >= 0.3 is 5.97 Å². The van der Waals surface area contributed by atoms with Gasteiger partial charge in [-0.25, -0.2) is 9.48 Å². The maximum atomic E-state index is 13.1. The third kappa shape index (κ3) is 4.87. The summed E-state index contributed by atoms with van der Waals surface area (Å²) in [6.45, 7) is 8.11. The van der Waals surface area contributed by atoms with E-state index in [4.69, 9.17) is 25.8 Å². The van der Waals surface area contributed by atoms with Crippen LogP contribution in [0.15, 0.2) is 60.1 Å². The number of rotatable bonds is 8. The van der Waals surface area contributed by atoms with Gasteiger partial charge in [-0.1, -0.05) is 35.9 Å². The van der Waals surface area contributed by atoms with Crippen LogP contribution in [0.4, 0.5) is 5.95 Å². The first-order chi connectivity index (χ1) is 16.4. The van der Waals surface area contributed by atoms with E-state index in [1.165, 1.54) is 6.33 Å². The van der Waals surface area contributed by atoms with Crippen LogP contribution in [0.1, 0.15) is 44.9 Å². The summed E-state index contributed by atoms with van der Waals surface area (Å²) in [5.74, 6) is 1.26. The van der Waals surface area contributed by atoms with E-state index in [9.17, 15) is 4.79 Å². The summed E-state index contributed by atoms with van der Waals surface area (Å²) in [6.07, 6.45) is 1.19. The highest BCUT2D eigenvalue weighted by molar-refractivity contribution is 6.31. The molecule has 2 aromatic carbocycles. The summed E-state index contributed by atoms with van der Waals surface area (Å²) in [6, 6.07) is 12.6. The van der Waals surface area contributed by atoms with Crippen molar-refractivity contribution in [3.8, 4) is 11.5 Å². The standard InChI is InChI=1S/C25H27ClN4O4/c1-5-32-21-12-17(10-11-20(21)33-13-18-8-6-7-9-19(18)26)23-22(24(31)34-15(2)3)16(4)29-25-27-14-28-30(23)25/h6-12,14-15,23H,5,13H2,1-4H3,(H,27,28,29). The minimum atomic E-state index is -0.540. The number of fused-ring (bicyclic) bond motifs is 1. The number of hydrogen-bond acceptors (Lipinski definition) is 7. The van der Waals surface area contributed by atoms with Crippen molar-refractivity contribution in [2.24, 2.45) is 0 Å². The molecule has 1 N–H and O–H groups in total. The van der Waals surface area contributed by atoms with Gasteiger partial charge in [-0.3, -0.25) is 0 Å². The van der Waals surface area contributed by atoms with Gasteiger partial charge in [0.1, 0.15) is 19.0 Å². The minimum absolute atomic E-state index is 0.259. The molecule has 0 saturated carbocycles. The molecule has 3 aromatic rings. The van der Waals surface area contributed by atoms with Crippen LogP contribution >= 0.6 is 11.6 Å². The molecule has 0 fully saturated rings. The van der Waals surface area contributed by atoms with E-state index in [0.29, 0.717) is 47.0 Å². The monoisotopic (exact) mass is 482 g/mol. The number of esters is 1. The van der Waals surface area contributed by atoms with Crippen LogP contribution in [-0.4, -0.2) is 33.4 Å². The van der Waals surface area contributed by atoms with Gasteiger partial charge in [0, 0.05) is 16.3 Å². The molecule has 0 bridgehead atoms. The number of aromatic nitrogens is 3. The number of hydrogen-bond donors (Lipinski definition) is 1. The first-order valence-electron chi connectivity index (χ1n) is 11.1. The average molecular weight is 483 g/mol. The van der Waals surface area contributed by atoms with E-state index < -0.39 is 12.0 Å². The molecule has 0 aliphatic carbocycles. The van der Waals surface area contributed by atoms with E-state index in [-0.39, 0.29) is 6.10 Å². The topological polar surface area (TPSA) is 87.5 Å². The number of benzene rings is 2. The van der Waals surface area contributed by atoms with Gasteiger partial charge in [-0.15, -0.1) is 0 Å². The smallest absolute Gasteiger partial charge is 0.338 e. The largest absolute Gasteiger partial charge is 0.490 e. The predicted molar refractivity (Wildman–Crippen MR) is 129 cm³/mol. The molecule has 4 rings (SSSR count). The number of carbonyl (C=O) groups is 1. The zero-order valence-electron chi connectivity index (χ0n) is 19.5. The number of ether oxygens (including phenoxy) is 3. The fourth-order valence-electron chi connectivity index (χ4n) is 3.79. The first-order valence-corrected chi connectivity index (χ1v) is 11.5. The third-order valence-corrected chi connectivity index (χ3v) is 5.65. The van der Waals surface area contributed by atoms with Crippen molar-refractivity contribution in [2.45, 2.75) is 46.4 Å². The molecule has 2 heterocycles. The summed E-state index contributed by atoms with van der Waals surface area (Å²) >= 11 is 6.27. The maximum absolute atomic E-state index is 13.1. The van der Waals surface area contributed by atoms with E-state index >= 15 is 0 Å². The Morgan fingerprint density at radius 1 is 1.18 bits per heavy atom. The van der Waals surface area contributed by atoms with Crippen LogP contribution in [0, 0.1) is 0 Å². The summed E-state index contributed by atoms with van der Waals surface area (Å²) < 4.78 is 19.1. The quantitative estimate of drug-likeness (QED) is 0.444. The molecule has 9 heteroatoms. The molecule has 1 atom stereocenters. The molecule has 0 saturated heterocycles. The van der Waals surface area contributed by atoms with Crippen molar-refractivity contribution in [3.05, 3.63) is 76.2 Å². The summed E-state index contributed by atoms with van der Waals surface area (Å²) in [5, 5.41) is 8.14. The average Bonchev–Trinajstić information content (AvgIpc) is 3.26. The van der Waals surface area contributed by atoms with Crippen LogP contribution in [0.3, 0.4) is 0 Å². The molecule has 1 unspecified atom stereocenters. The molecule has 0 spiro atoms. The van der Waals surface area contributed by atoms with Crippen molar-refractivity contribution < 1.29 is 19.0 Å². The van der Waals surface area contributed by atoms with Gasteiger partial charge in [0.05, 0.1) is 18.3 Å². The molecule has 1 aliphatic heterocycles. The number of carbonyl (C=O) groups excluding carboxylic acids is 1. The number of allylic oxidation sites excluding steroid dienone is 1. The van der Waals surface area contributed by atoms with Crippen LogP contribution < -0.4 is 14.8 Å². The van der Waals surface area contributed by atoms with E-state index in [0.717, 1.165) is 11.1 Å². The lowest BCUT2D eigenvalue weighted by molar-refractivity contribution is -0.143. The fraction of sp³-hybridized carbons (Fsp3) is 0.320. The lowest BCUT2D eigenvalue weighted by atomic mass is 9.95. The summed E-state index contributed by atoms with van der Waals surface area (Å²) in [5.41, 5.74) is 2.78. The highest BCUT2D eigenvalue weighted by Crippen LogP contribution is 2.39. The van der Waals surface area contributed by atoms with Crippen LogP contribution in [0.5, 0.6) is 11.5 Å². The Kier molecular flexibility index (Phi) is 7.07. The molecular weight excluding hydrogens is 456 g/mol. The Morgan fingerprint density at radius 3 is 2.71 bits per heavy atom. The summed E-state index contributed by atoms with van der Waals surface area (Å²) in [4.78, 5) is 17.3. The van der Waals surface area contributed by atoms with Crippen LogP contribution in [0.2, 0.25) is 5.02 Å². The van der Waals surface area contributed by atoms with Crippen molar-refractivity contribution in [1.29, 1.82) is 0 Å².